The average molecular weight is 310 g/mol. The monoisotopic (exact) mass is 310 g/mol. The molecule has 0 aromatic heterocycles. The molecule has 22 heavy (non-hydrogen) atoms. The van der Waals surface area contributed by atoms with E-state index in [1.165, 1.54) is 35.4 Å². The van der Waals surface area contributed by atoms with Crippen LogP contribution in [0.15, 0.2) is 85.5 Å². The van der Waals surface area contributed by atoms with E-state index in [4.69, 9.17) is 0 Å². The largest absolute Gasteiger partial charge is 0.0988 e. The molecule has 0 radical (unpaired) electrons. The lowest BCUT2D eigenvalue weighted by Crippen LogP contribution is -2.01. The van der Waals surface area contributed by atoms with Gasteiger partial charge in [0.15, 0.2) is 0 Å². The number of hydrogen-bond donors (Lipinski definition) is 0. The number of benzene rings is 2. The molecule has 0 atom stereocenters. The fourth-order valence-corrected chi connectivity index (χ4v) is 2.97. The Bertz CT molecular complexity index is 491. The van der Waals surface area contributed by atoms with Crippen molar-refractivity contribution < 1.29 is 0 Å². The Labute approximate surface area is 137 Å². The van der Waals surface area contributed by atoms with Gasteiger partial charge in [0.2, 0.25) is 0 Å². The van der Waals surface area contributed by atoms with E-state index in [-0.39, 0.29) is 0 Å². The highest BCUT2D eigenvalue weighted by Crippen LogP contribution is 2.09. The Morgan fingerprint density at radius 1 is 0.909 bits per heavy atom. The quantitative estimate of drug-likeness (QED) is 0.353. The van der Waals surface area contributed by atoms with Gasteiger partial charge >= 0.3 is 0 Å². The zero-order valence-corrected chi connectivity index (χ0v) is 14.6. The Balaban J connectivity index is 0.000000239. The van der Waals surface area contributed by atoms with Crippen LogP contribution >= 0.6 is 8.58 Å². The van der Waals surface area contributed by atoms with Gasteiger partial charge in [-0.25, -0.2) is 0 Å². The zero-order valence-electron chi connectivity index (χ0n) is 13.6. The second-order valence-electron chi connectivity index (χ2n) is 5.18. The van der Waals surface area contributed by atoms with Crippen molar-refractivity contribution in [3.8, 4) is 0 Å². The highest BCUT2D eigenvalue weighted by Gasteiger charge is 1.92. The molecule has 0 fully saturated rings. The minimum atomic E-state index is 0.777. The molecule has 0 bridgehead atoms. The number of hydrogen-bond acceptors (Lipinski definition) is 0. The Morgan fingerprint density at radius 3 is 1.82 bits per heavy atom. The van der Waals surface area contributed by atoms with E-state index in [1.807, 2.05) is 6.08 Å². The van der Waals surface area contributed by atoms with Crippen molar-refractivity contribution in [2.24, 2.45) is 0 Å². The van der Waals surface area contributed by atoms with E-state index < -0.39 is 0 Å². The summed E-state index contributed by atoms with van der Waals surface area (Å²) in [6.07, 6.45) is 6.83. The third-order valence-corrected chi connectivity index (χ3v) is 4.47. The van der Waals surface area contributed by atoms with E-state index >= 15 is 0 Å². The summed E-state index contributed by atoms with van der Waals surface area (Å²) in [5, 5.41) is 2.79. The van der Waals surface area contributed by atoms with Gasteiger partial charge in [0.25, 0.3) is 0 Å². The molecule has 0 amide bonds. The first kappa shape index (κ1) is 18.4. The van der Waals surface area contributed by atoms with Crippen LogP contribution in [0.4, 0.5) is 0 Å². The molecule has 0 aliphatic carbocycles. The lowest BCUT2D eigenvalue weighted by atomic mass is 10.1. The van der Waals surface area contributed by atoms with Crippen LogP contribution in [0.3, 0.4) is 0 Å². The van der Waals surface area contributed by atoms with Gasteiger partial charge in [-0.2, -0.15) is 0 Å². The van der Waals surface area contributed by atoms with E-state index in [1.54, 1.807) is 0 Å². The van der Waals surface area contributed by atoms with Crippen LogP contribution in [0.25, 0.3) is 0 Å². The molecule has 2 aromatic rings. The van der Waals surface area contributed by atoms with Crippen molar-refractivity contribution in [1.82, 2.24) is 0 Å². The second kappa shape index (κ2) is 12.0. The van der Waals surface area contributed by atoms with Crippen LogP contribution in [0.1, 0.15) is 32.6 Å². The van der Waals surface area contributed by atoms with Crippen LogP contribution in [0.5, 0.6) is 0 Å². The highest BCUT2D eigenvalue weighted by atomic mass is 31.1. The summed E-state index contributed by atoms with van der Waals surface area (Å²) in [6.45, 7) is 9.67. The number of allylic oxidation sites excluding steroid dienone is 2. The fraction of sp³-hybridized carbons (Fsp3) is 0.238. The van der Waals surface area contributed by atoms with Crippen molar-refractivity contribution in [1.29, 1.82) is 0 Å². The van der Waals surface area contributed by atoms with E-state index in [9.17, 15) is 0 Å². The Hall–Kier alpha value is -1.65. The van der Waals surface area contributed by atoms with Crippen LogP contribution in [-0.4, -0.2) is 0 Å². The molecular weight excluding hydrogens is 283 g/mol. The third kappa shape index (κ3) is 8.60. The molecule has 0 spiro atoms. The predicted octanol–water partition coefficient (Wildman–Crippen LogP) is 5.62. The molecule has 0 N–H and O–H groups in total. The maximum absolute atomic E-state index is 3.83. The molecule has 2 aromatic carbocycles. The van der Waals surface area contributed by atoms with E-state index in [2.05, 4.69) is 80.7 Å². The van der Waals surface area contributed by atoms with Crippen molar-refractivity contribution in [2.45, 2.75) is 32.6 Å². The summed E-state index contributed by atoms with van der Waals surface area (Å²) in [5.41, 5.74) is 1.17. The maximum Gasteiger partial charge on any atom is -0.0226 e. The van der Waals surface area contributed by atoms with Crippen LogP contribution < -0.4 is 10.6 Å². The molecule has 0 unspecified atom stereocenters. The first-order valence-corrected chi connectivity index (χ1v) is 8.93. The lowest BCUT2D eigenvalue weighted by Gasteiger charge is -2.00. The van der Waals surface area contributed by atoms with Crippen molar-refractivity contribution in [3.05, 3.63) is 85.5 Å². The highest BCUT2D eigenvalue weighted by molar-refractivity contribution is 7.55. The second-order valence-corrected chi connectivity index (χ2v) is 6.58. The maximum atomic E-state index is 3.83. The minimum Gasteiger partial charge on any atom is -0.0988 e. The van der Waals surface area contributed by atoms with Gasteiger partial charge in [0, 0.05) is 0 Å². The molecule has 0 heterocycles. The smallest absolute Gasteiger partial charge is 0.0226 e. The van der Waals surface area contributed by atoms with Crippen molar-refractivity contribution >= 4 is 19.2 Å². The summed E-state index contributed by atoms with van der Waals surface area (Å²) in [5.74, 6) is 0. The van der Waals surface area contributed by atoms with Gasteiger partial charge in [-0.3, -0.25) is 0 Å². The topological polar surface area (TPSA) is 0 Å². The van der Waals surface area contributed by atoms with Gasteiger partial charge < -0.3 is 0 Å². The zero-order chi connectivity index (χ0) is 16.0. The SMILES string of the molecule is C=CC(=C)CCCCC.c1ccc(Pc2ccccc2)cc1. The Kier molecular flexibility index (Phi) is 9.99. The van der Waals surface area contributed by atoms with Gasteiger partial charge in [-0.05, 0) is 23.5 Å². The van der Waals surface area contributed by atoms with Gasteiger partial charge in [-0.1, -0.05) is 114 Å². The van der Waals surface area contributed by atoms with Crippen molar-refractivity contribution in [2.75, 3.05) is 0 Å². The first-order valence-electron chi connectivity index (χ1n) is 7.93. The van der Waals surface area contributed by atoms with E-state index in [0.717, 1.165) is 15.0 Å². The standard InChI is InChI=1S/C12H11P.C9H16/c1-3-7-11(8-4-1)13-12-9-5-2-6-10-12;1-4-6-7-8-9(3)5-2/h1-10,13H;5H,2-4,6-8H2,1H3. The molecule has 0 aliphatic heterocycles. The number of rotatable bonds is 7. The Morgan fingerprint density at radius 2 is 1.41 bits per heavy atom. The van der Waals surface area contributed by atoms with Crippen LogP contribution in [0.2, 0.25) is 0 Å². The average Bonchev–Trinajstić information content (AvgIpc) is 2.57. The molecule has 0 saturated carbocycles. The van der Waals surface area contributed by atoms with Crippen molar-refractivity contribution in [3.63, 3.8) is 0 Å². The molecular formula is C21H27P. The molecule has 1 heteroatoms. The van der Waals surface area contributed by atoms with Gasteiger partial charge in [0.1, 0.15) is 0 Å². The fourth-order valence-electron chi connectivity index (χ4n) is 1.91. The van der Waals surface area contributed by atoms with E-state index in [0.29, 0.717) is 0 Å². The minimum absolute atomic E-state index is 0.777. The van der Waals surface area contributed by atoms with Crippen LogP contribution in [-0.2, 0) is 0 Å². The summed E-state index contributed by atoms with van der Waals surface area (Å²) in [7, 11) is 0.777. The van der Waals surface area contributed by atoms with Gasteiger partial charge in [0.05, 0.1) is 0 Å². The normalized spacial score (nSPS) is 9.50. The molecule has 0 nitrogen and oxygen atoms in total. The molecule has 0 aliphatic rings. The van der Waals surface area contributed by atoms with Gasteiger partial charge in [-0.15, -0.1) is 0 Å². The number of unbranched alkanes of at least 4 members (excludes halogenated alkanes) is 2. The summed E-state index contributed by atoms with van der Waals surface area (Å²) in [6, 6.07) is 21.2. The summed E-state index contributed by atoms with van der Waals surface area (Å²) in [4.78, 5) is 0. The molecule has 0 saturated heterocycles. The molecule has 2 rings (SSSR count). The first-order chi connectivity index (χ1) is 10.8. The van der Waals surface area contributed by atoms with Crippen LogP contribution in [0, 0.1) is 0 Å². The molecule has 116 valence electrons. The summed E-state index contributed by atoms with van der Waals surface area (Å²) < 4.78 is 0. The third-order valence-electron chi connectivity index (χ3n) is 3.23. The summed E-state index contributed by atoms with van der Waals surface area (Å²) >= 11 is 0. The predicted molar refractivity (Wildman–Crippen MR) is 104 cm³/mol. The lowest BCUT2D eigenvalue weighted by molar-refractivity contribution is 0.720.